The summed E-state index contributed by atoms with van der Waals surface area (Å²) < 4.78 is 5.44. The van der Waals surface area contributed by atoms with Crippen LogP contribution in [0.5, 0.6) is 5.75 Å². The van der Waals surface area contributed by atoms with Crippen LogP contribution in [0.2, 0.25) is 5.02 Å². The molecular formula is C24H22ClN3O3S. The van der Waals surface area contributed by atoms with Crippen molar-refractivity contribution in [1.29, 1.82) is 0 Å². The van der Waals surface area contributed by atoms with Gasteiger partial charge in [-0.1, -0.05) is 42.8 Å². The van der Waals surface area contributed by atoms with E-state index in [1.165, 1.54) is 10.4 Å². The molecule has 32 heavy (non-hydrogen) atoms. The van der Waals surface area contributed by atoms with Crippen molar-refractivity contribution in [3.8, 4) is 5.75 Å². The number of hydrogen-bond acceptors (Lipinski definition) is 6. The SMILES string of the molecule is CCN1CCc2c(sc3c2C(=O)NC(c2ccc(OC(=O)c4ccccc4Cl)cc2)N3)C1. The molecule has 0 saturated heterocycles. The Balaban J connectivity index is 1.31. The van der Waals surface area contributed by atoms with Crippen LogP contribution in [-0.4, -0.2) is 29.9 Å². The number of hydrogen-bond donors (Lipinski definition) is 2. The Morgan fingerprint density at radius 3 is 2.72 bits per heavy atom. The van der Waals surface area contributed by atoms with Crippen LogP contribution < -0.4 is 15.4 Å². The van der Waals surface area contributed by atoms with Crippen molar-refractivity contribution in [2.24, 2.45) is 0 Å². The molecule has 1 amide bonds. The molecule has 2 N–H and O–H groups in total. The Labute approximate surface area is 195 Å². The first-order valence-electron chi connectivity index (χ1n) is 10.5. The number of amides is 1. The minimum atomic E-state index is -0.512. The Bertz CT molecular complexity index is 1190. The summed E-state index contributed by atoms with van der Waals surface area (Å²) in [7, 11) is 0. The maximum Gasteiger partial charge on any atom is 0.345 e. The van der Waals surface area contributed by atoms with E-state index in [2.05, 4.69) is 22.5 Å². The fourth-order valence-electron chi connectivity index (χ4n) is 4.12. The second-order valence-electron chi connectivity index (χ2n) is 7.82. The van der Waals surface area contributed by atoms with Gasteiger partial charge in [-0.25, -0.2) is 4.79 Å². The summed E-state index contributed by atoms with van der Waals surface area (Å²) in [5, 5.41) is 7.81. The van der Waals surface area contributed by atoms with Crippen LogP contribution in [0, 0.1) is 0 Å². The normalized spacial score (nSPS) is 17.7. The molecule has 2 aliphatic rings. The maximum atomic E-state index is 12.9. The Hall–Kier alpha value is -2.87. The number of nitrogens with zero attached hydrogens (tertiary/aromatic N) is 1. The van der Waals surface area contributed by atoms with Crippen molar-refractivity contribution in [1.82, 2.24) is 10.2 Å². The van der Waals surface area contributed by atoms with E-state index in [4.69, 9.17) is 16.3 Å². The summed E-state index contributed by atoms with van der Waals surface area (Å²) in [5.74, 6) is -0.143. The average molecular weight is 468 g/mol. The van der Waals surface area contributed by atoms with Gasteiger partial charge in [-0.3, -0.25) is 9.69 Å². The maximum absolute atomic E-state index is 12.9. The van der Waals surface area contributed by atoms with Crippen molar-refractivity contribution in [3.63, 3.8) is 0 Å². The van der Waals surface area contributed by atoms with Gasteiger partial charge in [0, 0.05) is 18.0 Å². The van der Waals surface area contributed by atoms with Gasteiger partial charge in [-0.15, -0.1) is 11.3 Å². The predicted octanol–water partition coefficient (Wildman–Crippen LogP) is 4.85. The first kappa shape index (κ1) is 21.0. The first-order chi connectivity index (χ1) is 15.5. The summed E-state index contributed by atoms with van der Waals surface area (Å²) in [6.45, 7) is 5.05. The van der Waals surface area contributed by atoms with Gasteiger partial charge in [0.05, 0.1) is 16.1 Å². The predicted molar refractivity (Wildman–Crippen MR) is 126 cm³/mol. The summed E-state index contributed by atoms with van der Waals surface area (Å²) in [6.07, 6.45) is 0.561. The summed E-state index contributed by atoms with van der Waals surface area (Å²) in [4.78, 5) is 28.9. The molecule has 0 aliphatic carbocycles. The number of nitrogens with one attached hydrogen (secondary N) is 2. The largest absolute Gasteiger partial charge is 0.423 e. The minimum absolute atomic E-state index is 0.0413. The molecule has 5 rings (SSSR count). The highest BCUT2D eigenvalue weighted by atomic mass is 35.5. The minimum Gasteiger partial charge on any atom is -0.423 e. The molecule has 0 bridgehead atoms. The third kappa shape index (κ3) is 3.88. The number of carbonyl (C=O) groups excluding carboxylic acids is 2. The highest BCUT2D eigenvalue weighted by molar-refractivity contribution is 7.16. The molecule has 3 aromatic rings. The Morgan fingerprint density at radius 2 is 1.97 bits per heavy atom. The molecule has 0 fully saturated rings. The molecular weight excluding hydrogens is 446 g/mol. The fraction of sp³-hybridized carbons (Fsp3) is 0.250. The molecule has 0 spiro atoms. The second kappa shape index (κ2) is 8.58. The molecule has 0 radical (unpaired) electrons. The molecule has 0 saturated carbocycles. The lowest BCUT2D eigenvalue weighted by molar-refractivity contribution is 0.0734. The highest BCUT2D eigenvalue weighted by Crippen LogP contribution is 2.40. The van der Waals surface area contributed by atoms with Crippen LogP contribution in [0.25, 0.3) is 0 Å². The Morgan fingerprint density at radius 1 is 1.19 bits per heavy atom. The zero-order valence-corrected chi connectivity index (χ0v) is 19.1. The Kier molecular flexibility index (Phi) is 5.63. The zero-order valence-electron chi connectivity index (χ0n) is 17.5. The van der Waals surface area contributed by atoms with Crippen molar-refractivity contribution in [2.45, 2.75) is 26.1 Å². The van der Waals surface area contributed by atoms with Crippen LogP contribution in [0.3, 0.4) is 0 Å². The molecule has 8 heteroatoms. The first-order valence-corrected chi connectivity index (χ1v) is 11.7. The van der Waals surface area contributed by atoms with Crippen molar-refractivity contribution in [2.75, 3.05) is 18.4 Å². The van der Waals surface area contributed by atoms with Crippen LogP contribution in [-0.2, 0) is 13.0 Å². The number of thiophene rings is 1. The molecule has 1 aromatic heterocycles. The van der Waals surface area contributed by atoms with Gasteiger partial charge in [0.1, 0.15) is 16.9 Å². The van der Waals surface area contributed by atoms with Gasteiger partial charge >= 0.3 is 5.97 Å². The fourth-order valence-corrected chi connectivity index (χ4v) is 5.65. The number of esters is 1. The second-order valence-corrected chi connectivity index (χ2v) is 9.33. The molecule has 1 unspecified atom stereocenters. The standard InChI is InChI=1S/C24H22ClN3O3S/c1-2-28-12-11-17-19(13-28)32-23-20(17)22(29)26-21(27-23)14-7-9-15(10-8-14)31-24(30)16-5-3-4-6-18(16)25/h3-10,21,27H,2,11-13H2,1H3,(H,26,29). The van der Waals surface area contributed by atoms with E-state index in [9.17, 15) is 9.59 Å². The van der Waals surface area contributed by atoms with Crippen LogP contribution in [0.4, 0.5) is 5.00 Å². The number of rotatable bonds is 4. The molecule has 6 nitrogen and oxygen atoms in total. The topological polar surface area (TPSA) is 70.7 Å². The number of carbonyl (C=O) groups is 2. The third-order valence-corrected chi connectivity index (χ3v) is 7.36. The van der Waals surface area contributed by atoms with E-state index in [0.717, 1.165) is 42.2 Å². The quantitative estimate of drug-likeness (QED) is 0.424. The summed E-state index contributed by atoms with van der Waals surface area (Å²) >= 11 is 7.74. The number of ether oxygens (including phenoxy) is 1. The van der Waals surface area contributed by atoms with E-state index < -0.39 is 5.97 Å². The number of likely N-dealkylation sites (N-methyl/N-ethyl adjacent to an activating group) is 1. The van der Waals surface area contributed by atoms with Gasteiger partial charge in [-0.2, -0.15) is 0 Å². The van der Waals surface area contributed by atoms with Gasteiger partial charge in [0.25, 0.3) is 5.91 Å². The van der Waals surface area contributed by atoms with Crippen molar-refractivity contribution >= 4 is 39.8 Å². The van der Waals surface area contributed by atoms with E-state index in [0.29, 0.717) is 16.3 Å². The molecule has 1 atom stereocenters. The van der Waals surface area contributed by atoms with Crippen LogP contribution >= 0.6 is 22.9 Å². The lowest BCUT2D eigenvalue weighted by Gasteiger charge is -2.28. The number of fused-ring (bicyclic) bond motifs is 3. The zero-order chi connectivity index (χ0) is 22.2. The molecule has 164 valence electrons. The van der Waals surface area contributed by atoms with Gasteiger partial charge < -0.3 is 15.4 Å². The molecule has 2 aliphatic heterocycles. The van der Waals surface area contributed by atoms with E-state index >= 15 is 0 Å². The van der Waals surface area contributed by atoms with E-state index in [-0.39, 0.29) is 12.1 Å². The van der Waals surface area contributed by atoms with Crippen molar-refractivity contribution < 1.29 is 14.3 Å². The van der Waals surface area contributed by atoms with Crippen LogP contribution in [0.15, 0.2) is 48.5 Å². The van der Waals surface area contributed by atoms with Gasteiger partial charge in [0.2, 0.25) is 0 Å². The van der Waals surface area contributed by atoms with Gasteiger partial charge in [-0.05, 0) is 48.4 Å². The van der Waals surface area contributed by atoms with Crippen molar-refractivity contribution in [3.05, 3.63) is 80.7 Å². The third-order valence-electron chi connectivity index (χ3n) is 5.88. The average Bonchev–Trinajstić information content (AvgIpc) is 3.17. The number of benzene rings is 2. The summed E-state index contributed by atoms with van der Waals surface area (Å²) in [6, 6.07) is 13.9. The molecule has 3 heterocycles. The monoisotopic (exact) mass is 467 g/mol. The highest BCUT2D eigenvalue weighted by Gasteiger charge is 2.33. The van der Waals surface area contributed by atoms with E-state index in [1.54, 1.807) is 47.7 Å². The van der Waals surface area contributed by atoms with Crippen LogP contribution in [0.1, 0.15) is 49.8 Å². The lowest BCUT2D eigenvalue weighted by atomic mass is 10.0. The number of anilines is 1. The lowest BCUT2D eigenvalue weighted by Crippen LogP contribution is -2.38. The van der Waals surface area contributed by atoms with Gasteiger partial charge in [0.15, 0.2) is 0 Å². The molecule has 2 aromatic carbocycles. The smallest absolute Gasteiger partial charge is 0.345 e. The number of halogens is 1. The van der Waals surface area contributed by atoms with E-state index in [1.807, 2.05) is 12.1 Å². The summed E-state index contributed by atoms with van der Waals surface area (Å²) in [5.41, 5.74) is 3.17.